The number of H-pyrrole nitrogens is 1. The average molecular weight is 604 g/mol. The van der Waals surface area contributed by atoms with Crippen molar-refractivity contribution >= 4 is 57.2 Å². The van der Waals surface area contributed by atoms with E-state index in [9.17, 15) is 4.79 Å². The molecule has 2 atom stereocenters. The monoisotopic (exact) mass is 603 g/mol. The lowest BCUT2D eigenvalue weighted by atomic mass is 9.95. The number of aromatic amines is 1. The molecule has 184 valence electrons. The molecule has 1 saturated heterocycles. The molecular formula is C26H30IN5O2S. The van der Waals surface area contributed by atoms with Gasteiger partial charge in [-0.3, -0.25) is 9.78 Å². The van der Waals surface area contributed by atoms with Crippen LogP contribution in [0, 0.1) is 22.8 Å². The zero-order valence-corrected chi connectivity index (χ0v) is 23.7. The van der Waals surface area contributed by atoms with E-state index in [2.05, 4.69) is 61.9 Å². The number of aryl methyl sites for hydroxylation is 2. The number of amides is 1. The number of hydrogen-bond acceptors (Lipinski definition) is 4. The first-order valence-corrected chi connectivity index (χ1v) is 12.9. The van der Waals surface area contributed by atoms with Gasteiger partial charge in [-0.15, -0.1) is 0 Å². The van der Waals surface area contributed by atoms with Gasteiger partial charge in [0.05, 0.1) is 30.6 Å². The van der Waals surface area contributed by atoms with Crippen molar-refractivity contribution in [3.8, 4) is 5.75 Å². The summed E-state index contributed by atoms with van der Waals surface area (Å²) in [5.74, 6) is 0.489. The van der Waals surface area contributed by atoms with Crippen LogP contribution in [0.25, 0.3) is 0 Å². The van der Waals surface area contributed by atoms with Crippen molar-refractivity contribution < 1.29 is 9.53 Å². The fraction of sp³-hybridized carbons (Fsp3) is 0.346. The molecule has 0 spiro atoms. The summed E-state index contributed by atoms with van der Waals surface area (Å²) < 4.78 is 6.84. The topological polar surface area (TPSA) is 82.3 Å². The molecular weight excluding hydrogens is 573 g/mol. The van der Waals surface area contributed by atoms with Gasteiger partial charge in [0.25, 0.3) is 0 Å². The molecule has 0 aliphatic carbocycles. The summed E-state index contributed by atoms with van der Waals surface area (Å²) in [5, 5.41) is 7.09. The highest BCUT2D eigenvalue weighted by Gasteiger charge is 2.43. The first kappa shape index (κ1) is 25.4. The second kappa shape index (κ2) is 9.77. The summed E-state index contributed by atoms with van der Waals surface area (Å²) >= 11 is 8.26. The van der Waals surface area contributed by atoms with Crippen molar-refractivity contribution in [1.29, 1.82) is 0 Å². The quantitative estimate of drug-likeness (QED) is 0.253. The van der Waals surface area contributed by atoms with Crippen molar-refractivity contribution in [1.82, 2.24) is 15.3 Å². The minimum atomic E-state index is -0.522. The Kier molecular flexibility index (Phi) is 7.10. The molecule has 1 fully saturated rings. The molecule has 9 heteroatoms. The highest BCUT2D eigenvalue weighted by atomic mass is 127. The summed E-state index contributed by atoms with van der Waals surface area (Å²) in [6, 6.07) is 11.4. The number of methoxy groups -OCH3 is 1. The van der Waals surface area contributed by atoms with Crippen LogP contribution < -0.4 is 20.3 Å². The number of hydrogen-bond donors (Lipinski definition) is 3. The molecule has 3 aromatic rings. The Labute approximate surface area is 225 Å². The van der Waals surface area contributed by atoms with Crippen molar-refractivity contribution in [2.24, 2.45) is 5.41 Å². The number of anilines is 2. The molecule has 4 rings (SSSR count). The molecule has 2 aromatic heterocycles. The number of rotatable bonds is 5. The number of carbonyl (C=O) groups is 1. The van der Waals surface area contributed by atoms with Crippen LogP contribution in [0.5, 0.6) is 5.75 Å². The molecule has 35 heavy (non-hydrogen) atoms. The van der Waals surface area contributed by atoms with Gasteiger partial charge >= 0.3 is 0 Å². The summed E-state index contributed by atoms with van der Waals surface area (Å²) in [4.78, 5) is 22.8. The number of nitrogens with one attached hydrogen (secondary N) is 3. The number of carbonyl (C=O) groups excluding carboxylic acids is 1. The maximum atomic E-state index is 12.6. The van der Waals surface area contributed by atoms with Crippen molar-refractivity contribution in [2.45, 2.75) is 46.7 Å². The molecule has 0 bridgehead atoms. The van der Waals surface area contributed by atoms with Gasteiger partial charge in [-0.25, -0.2) is 0 Å². The third-order valence-corrected chi connectivity index (χ3v) is 7.84. The van der Waals surface area contributed by atoms with Crippen LogP contribution in [-0.2, 0) is 4.79 Å². The molecule has 0 radical (unpaired) electrons. The maximum Gasteiger partial charge on any atom is 0.229 e. The van der Waals surface area contributed by atoms with E-state index in [1.54, 1.807) is 13.3 Å². The fourth-order valence-electron chi connectivity index (χ4n) is 4.29. The Morgan fingerprint density at radius 3 is 2.51 bits per heavy atom. The lowest BCUT2D eigenvalue weighted by molar-refractivity contribution is -0.123. The molecule has 0 unspecified atom stereocenters. The maximum absolute atomic E-state index is 12.6. The fourth-order valence-corrected chi connectivity index (χ4v) is 5.50. The Bertz CT molecular complexity index is 1270. The number of nitrogens with zero attached hydrogens (tertiary/aromatic N) is 2. The average Bonchev–Trinajstić information content (AvgIpc) is 3.28. The lowest BCUT2D eigenvalue weighted by Crippen LogP contribution is -2.30. The Balaban J connectivity index is 1.81. The van der Waals surface area contributed by atoms with Gasteiger partial charge in [0.2, 0.25) is 5.91 Å². The van der Waals surface area contributed by atoms with Gasteiger partial charge in [0.1, 0.15) is 5.75 Å². The first-order chi connectivity index (χ1) is 16.5. The Morgan fingerprint density at radius 2 is 1.94 bits per heavy atom. The highest BCUT2D eigenvalue weighted by Crippen LogP contribution is 2.45. The SMILES string of the molecule is COc1cc(N2C(=S)N[C@@H](c3ccccn3)[C@@H]2c2c(C)[nH]c(C)c2I)ccc1NC(=O)C(C)(C)C. The van der Waals surface area contributed by atoms with E-state index in [-0.39, 0.29) is 18.0 Å². The number of thiocarbonyl (C=S) groups is 1. The first-order valence-electron chi connectivity index (χ1n) is 11.4. The van der Waals surface area contributed by atoms with E-state index in [4.69, 9.17) is 17.0 Å². The van der Waals surface area contributed by atoms with Gasteiger partial charge in [0.15, 0.2) is 5.11 Å². The van der Waals surface area contributed by atoms with E-state index < -0.39 is 5.41 Å². The number of ether oxygens (including phenoxy) is 1. The number of aromatic nitrogens is 2. The van der Waals surface area contributed by atoms with Crippen LogP contribution in [0.3, 0.4) is 0 Å². The Morgan fingerprint density at radius 1 is 1.20 bits per heavy atom. The van der Waals surface area contributed by atoms with E-state index in [0.29, 0.717) is 16.5 Å². The van der Waals surface area contributed by atoms with Crippen LogP contribution in [0.1, 0.15) is 55.5 Å². The second-order valence-electron chi connectivity index (χ2n) is 9.69. The van der Waals surface area contributed by atoms with E-state index >= 15 is 0 Å². The Hall–Kier alpha value is -2.66. The second-order valence-corrected chi connectivity index (χ2v) is 11.2. The van der Waals surface area contributed by atoms with Gasteiger partial charge in [-0.1, -0.05) is 26.8 Å². The predicted octanol–water partition coefficient (Wildman–Crippen LogP) is 5.80. The molecule has 1 aromatic carbocycles. The zero-order valence-electron chi connectivity index (χ0n) is 20.7. The number of halogens is 1. The molecule has 1 amide bonds. The zero-order chi connectivity index (χ0) is 25.5. The molecule has 1 aliphatic rings. The van der Waals surface area contributed by atoms with E-state index in [1.165, 1.54) is 9.13 Å². The van der Waals surface area contributed by atoms with Crippen LogP contribution in [-0.4, -0.2) is 28.1 Å². The van der Waals surface area contributed by atoms with Crippen molar-refractivity contribution in [3.63, 3.8) is 0 Å². The minimum Gasteiger partial charge on any atom is -0.494 e. The normalized spacial score (nSPS) is 17.9. The highest BCUT2D eigenvalue weighted by molar-refractivity contribution is 14.1. The largest absolute Gasteiger partial charge is 0.494 e. The summed E-state index contributed by atoms with van der Waals surface area (Å²) in [5.41, 5.74) is 5.27. The third-order valence-electron chi connectivity index (χ3n) is 6.13. The predicted molar refractivity (Wildman–Crippen MR) is 152 cm³/mol. The van der Waals surface area contributed by atoms with Crippen LogP contribution in [0.2, 0.25) is 0 Å². The standard InChI is InChI=1S/C26H30IN5O2S/c1-14-20(21(27)15(2)29-14)23-22(18-9-7-8-12-28-18)31-25(35)32(23)16-10-11-17(19(13-16)34-6)30-24(33)26(3,4)5/h7-13,22-23,29H,1-6H3,(H,30,33)(H,31,35)/t22-,23-/m0/s1. The molecule has 7 nitrogen and oxygen atoms in total. The van der Waals surface area contributed by atoms with Crippen molar-refractivity contribution in [3.05, 3.63) is 68.8 Å². The van der Waals surface area contributed by atoms with Crippen molar-refractivity contribution in [2.75, 3.05) is 17.3 Å². The molecule has 1 aliphatic heterocycles. The molecule has 0 saturated carbocycles. The molecule has 3 heterocycles. The van der Waals surface area contributed by atoms with Gasteiger partial charge in [0, 0.05) is 43.9 Å². The van der Waals surface area contributed by atoms with Crippen LogP contribution in [0.15, 0.2) is 42.6 Å². The van der Waals surface area contributed by atoms with E-state index in [1.807, 2.05) is 57.2 Å². The van der Waals surface area contributed by atoms with Crippen LogP contribution >= 0.6 is 34.8 Å². The minimum absolute atomic E-state index is 0.0806. The molecule has 3 N–H and O–H groups in total. The van der Waals surface area contributed by atoms with Crippen LogP contribution in [0.4, 0.5) is 11.4 Å². The number of pyridine rings is 1. The summed E-state index contributed by atoms with van der Waals surface area (Å²) in [6.45, 7) is 9.80. The van der Waals surface area contributed by atoms with Gasteiger partial charge < -0.3 is 25.3 Å². The smallest absolute Gasteiger partial charge is 0.229 e. The van der Waals surface area contributed by atoms with Gasteiger partial charge in [-0.2, -0.15) is 0 Å². The number of benzene rings is 1. The van der Waals surface area contributed by atoms with E-state index in [0.717, 1.165) is 22.8 Å². The lowest BCUT2D eigenvalue weighted by Gasteiger charge is -2.29. The summed E-state index contributed by atoms with van der Waals surface area (Å²) in [6.07, 6.45) is 1.80. The summed E-state index contributed by atoms with van der Waals surface area (Å²) in [7, 11) is 1.60. The van der Waals surface area contributed by atoms with Gasteiger partial charge in [-0.05, 0) is 72.9 Å². The third kappa shape index (κ3) is 4.88.